The van der Waals surface area contributed by atoms with E-state index >= 15 is 0 Å². The van der Waals surface area contributed by atoms with E-state index in [9.17, 15) is 9.59 Å². The maximum Gasteiger partial charge on any atom is 0.250 e. The number of amides is 2. The van der Waals surface area contributed by atoms with E-state index in [0.717, 1.165) is 0 Å². The molecule has 0 radical (unpaired) electrons. The largest absolute Gasteiger partial charge is 0.368 e. The summed E-state index contributed by atoms with van der Waals surface area (Å²) in [7, 11) is 0. The second-order valence-corrected chi connectivity index (χ2v) is 3.91. The molecule has 0 fully saturated rings. The van der Waals surface area contributed by atoms with E-state index in [0.29, 0.717) is 11.4 Å². The highest BCUT2D eigenvalue weighted by atomic mass is 16.1. The molecule has 0 atom stereocenters. The number of pyridine rings is 1. The van der Waals surface area contributed by atoms with Crippen LogP contribution < -0.4 is 16.8 Å². The molecule has 0 aliphatic heterocycles. The number of nitrogens with zero attached hydrogens (tertiary/aromatic N) is 1. The Hall–Kier alpha value is -2.11. The van der Waals surface area contributed by atoms with Crippen LogP contribution in [0.3, 0.4) is 0 Å². The average molecular weight is 222 g/mol. The summed E-state index contributed by atoms with van der Waals surface area (Å²) in [5.74, 6) is -0.588. The van der Waals surface area contributed by atoms with Gasteiger partial charge in [-0.2, -0.15) is 0 Å². The number of carbonyl (C=O) groups is 2. The number of nitrogens with two attached hydrogens (primary N) is 2. The fourth-order valence-corrected chi connectivity index (χ4v) is 0.995. The predicted molar refractivity (Wildman–Crippen MR) is 59.7 cm³/mol. The summed E-state index contributed by atoms with van der Waals surface area (Å²) in [5, 5.41) is 2.85. The first-order chi connectivity index (χ1) is 7.33. The van der Waals surface area contributed by atoms with Crippen molar-refractivity contribution < 1.29 is 9.59 Å². The van der Waals surface area contributed by atoms with Crippen LogP contribution in [0.5, 0.6) is 0 Å². The predicted octanol–water partition coefficient (Wildman–Crippen LogP) is -0.144. The van der Waals surface area contributed by atoms with Crippen LogP contribution >= 0.6 is 0 Å². The maximum absolute atomic E-state index is 11.1. The smallest absolute Gasteiger partial charge is 0.250 e. The summed E-state index contributed by atoms with van der Waals surface area (Å²) in [6.45, 7) is 3.28. The first kappa shape index (κ1) is 12.0. The summed E-state index contributed by atoms with van der Waals surface area (Å²) < 4.78 is 0. The van der Waals surface area contributed by atoms with Crippen molar-refractivity contribution in [2.75, 3.05) is 5.32 Å². The van der Waals surface area contributed by atoms with Gasteiger partial charge in [0.1, 0.15) is 11.4 Å². The molecule has 0 spiro atoms. The molecule has 0 aliphatic rings. The summed E-state index contributed by atoms with van der Waals surface area (Å²) in [6.07, 6.45) is 1.34. The van der Waals surface area contributed by atoms with Crippen LogP contribution in [0.2, 0.25) is 0 Å². The number of primary amides is 2. The van der Waals surface area contributed by atoms with Crippen molar-refractivity contribution in [3.05, 3.63) is 23.9 Å². The Kier molecular flexibility index (Phi) is 3.12. The minimum Gasteiger partial charge on any atom is -0.368 e. The molecule has 6 heteroatoms. The number of nitrogens with one attached hydrogen (secondary N) is 1. The lowest BCUT2D eigenvalue weighted by Gasteiger charge is -2.22. The van der Waals surface area contributed by atoms with Crippen molar-refractivity contribution >= 4 is 17.6 Å². The summed E-state index contributed by atoms with van der Waals surface area (Å²) in [4.78, 5) is 25.8. The van der Waals surface area contributed by atoms with Gasteiger partial charge in [-0.1, -0.05) is 0 Å². The molecule has 1 heterocycles. The van der Waals surface area contributed by atoms with Gasteiger partial charge in [-0.15, -0.1) is 0 Å². The number of anilines is 1. The molecular formula is C10H14N4O2. The Morgan fingerprint density at radius 2 is 1.94 bits per heavy atom. The molecule has 1 rings (SSSR count). The Morgan fingerprint density at radius 3 is 2.31 bits per heavy atom. The lowest BCUT2D eigenvalue weighted by atomic mass is 10.1. The lowest BCUT2D eigenvalue weighted by Crippen LogP contribution is -2.45. The standard InChI is InChI=1S/C10H14N4O2/c1-10(2,9(12)16)14-7-4-3-6(5-13-7)8(11)15/h3-5H,1-2H3,(H2,11,15)(H2,12,16)(H,13,14). The number of rotatable bonds is 4. The third-order valence-corrected chi connectivity index (χ3v) is 2.10. The zero-order chi connectivity index (χ0) is 12.3. The number of carbonyl (C=O) groups excluding carboxylic acids is 2. The first-order valence-electron chi connectivity index (χ1n) is 4.67. The molecule has 5 N–H and O–H groups in total. The molecule has 86 valence electrons. The molecule has 1 aromatic rings. The second kappa shape index (κ2) is 4.18. The van der Waals surface area contributed by atoms with Crippen LogP contribution in [0.4, 0.5) is 5.82 Å². The molecular weight excluding hydrogens is 208 g/mol. The van der Waals surface area contributed by atoms with Crippen molar-refractivity contribution in [2.24, 2.45) is 11.5 Å². The summed E-state index contributed by atoms with van der Waals surface area (Å²) >= 11 is 0. The van der Waals surface area contributed by atoms with Crippen LogP contribution in [0.1, 0.15) is 24.2 Å². The number of hydrogen-bond acceptors (Lipinski definition) is 4. The fraction of sp³-hybridized carbons (Fsp3) is 0.300. The zero-order valence-electron chi connectivity index (χ0n) is 9.15. The highest BCUT2D eigenvalue weighted by molar-refractivity contribution is 5.92. The van der Waals surface area contributed by atoms with Crippen LogP contribution in [0.15, 0.2) is 18.3 Å². The fourth-order valence-electron chi connectivity index (χ4n) is 0.995. The molecule has 16 heavy (non-hydrogen) atoms. The molecule has 0 bridgehead atoms. The van der Waals surface area contributed by atoms with Gasteiger partial charge >= 0.3 is 0 Å². The second-order valence-electron chi connectivity index (χ2n) is 3.91. The van der Waals surface area contributed by atoms with Crippen molar-refractivity contribution in [1.82, 2.24) is 4.98 Å². The van der Waals surface area contributed by atoms with Gasteiger partial charge in [-0.25, -0.2) is 4.98 Å². The Balaban J connectivity index is 2.84. The van der Waals surface area contributed by atoms with Crippen molar-refractivity contribution in [3.63, 3.8) is 0 Å². The van der Waals surface area contributed by atoms with E-state index in [-0.39, 0.29) is 0 Å². The molecule has 0 saturated heterocycles. The van der Waals surface area contributed by atoms with Gasteiger partial charge in [0, 0.05) is 6.20 Å². The van der Waals surface area contributed by atoms with Gasteiger partial charge < -0.3 is 16.8 Å². The third-order valence-electron chi connectivity index (χ3n) is 2.10. The van der Waals surface area contributed by atoms with Crippen molar-refractivity contribution in [2.45, 2.75) is 19.4 Å². The van der Waals surface area contributed by atoms with Gasteiger partial charge in [-0.05, 0) is 26.0 Å². The van der Waals surface area contributed by atoms with E-state index < -0.39 is 17.4 Å². The van der Waals surface area contributed by atoms with E-state index in [2.05, 4.69) is 10.3 Å². The van der Waals surface area contributed by atoms with Crippen molar-refractivity contribution in [3.8, 4) is 0 Å². The van der Waals surface area contributed by atoms with Gasteiger partial charge in [0.05, 0.1) is 5.56 Å². The molecule has 1 aromatic heterocycles. The third kappa shape index (κ3) is 2.69. The highest BCUT2D eigenvalue weighted by Crippen LogP contribution is 2.12. The van der Waals surface area contributed by atoms with E-state index in [1.807, 2.05) is 0 Å². The lowest BCUT2D eigenvalue weighted by molar-refractivity contribution is -0.121. The maximum atomic E-state index is 11.1. The minimum absolute atomic E-state index is 0.308. The SMILES string of the molecule is CC(C)(Nc1ccc(C(N)=O)cn1)C(N)=O. The first-order valence-corrected chi connectivity index (χ1v) is 4.67. The number of hydrogen-bond donors (Lipinski definition) is 3. The van der Waals surface area contributed by atoms with Crippen LogP contribution in [-0.2, 0) is 4.79 Å². The van der Waals surface area contributed by atoms with Gasteiger partial charge in [0.2, 0.25) is 11.8 Å². The quantitative estimate of drug-likeness (QED) is 0.658. The zero-order valence-corrected chi connectivity index (χ0v) is 9.15. The Bertz CT molecular complexity index is 411. The van der Waals surface area contributed by atoms with E-state index in [1.165, 1.54) is 12.3 Å². The molecule has 0 aromatic carbocycles. The molecule has 0 aliphatic carbocycles. The molecule has 6 nitrogen and oxygen atoms in total. The monoisotopic (exact) mass is 222 g/mol. The van der Waals surface area contributed by atoms with Crippen LogP contribution in [-0.4, -0.2) is 22.3 Å². The van der Waals surface area contributed by atoms with Gasteiger partial charge in [-0.3, -0.25) is 9.59 Å². The van der Waals surface area contributed by atoms with Gasteiger partial charge in [0.15, 0.2) is 0 Å². The molecule has 0 unspecified atom stereocenters. The Morgan fingerprint density at radius 1 is 1.31 bits per heavy atom. The van der Waals surface area contributed by atoms with Crippen LogP contribution in [0, 0.1) is 0 Å². The molecule has 0 saturated carbocycles. The van der Waals surface area contributed by atoms with Crippen molar-refractivity contribution in [1.29, 1.82) is 0 Å². The topological polar surface area (TPSA) is 111 Å². The van der Waals surface area contributed by atoms with Crippen LogP contribution in [0.25, 0.3) is 0 Å². The normalized spacial score (nSPS) is 10.9. The molecule has 2 amide bonds. The summed E-state index contributed by atoms with van der Waals surface area (Å²) in [6, 6.07) is 3.08. The minimum atomic E-state index is -0.902. The van der Waals surface area contributed by atoms with E-state index in [4.69, 9.17) is 11.5 Å². The highest BCUT2D eigenvalue weighted by Gasteiger charge is 2.24. The average Bonchev–Trinajstić information content (AvgIpc) is 2.17. The number of aromatic nitrogens is 1. The van der Waals surface area contributed by atoms with E-state index in [1.54, 1.807) is 19.9 Å². The summed E-state index contributed by atoms with van der Waals surface area (Å²) in [5.41, 5.74) is 9.66. The van der Waals surface area contributed by atoms with Gasteiger partial charge in [0.25, 0.3) is 0 Å². The Labute approximate surface area is 93.0 Å².